The lowest BCUT2D eigenvalue weighted by molar-refractivity contribution is -0.384. The van der Waals surface area contributed by atoms with Crippen LogP contribution in [0.1, 0.15) is 27.5 Å². The number of piperazine rings is 1. The number of aromatic nitrogens is 2. The normalized spacial score (nSPS) is 14.3. The van der Waals surface area contributed by atoms with Crippen molar-refractivity contribution in [2.45, 2.75) is 6.04 Å². The number of nitro groups is 1. The second-order valence-corrected chi connectivity index (χ2v) is 8.51. The fourth-order valence-electron chi connectivity index (χ4n) is 4.66. The summed E-state index contributed by atoms with van der Waals surface area (Å²) in [6.45, 7) is 2.68. The number of hydrogen-bond donors (Lipinski definition) is 1. The molecule has 4 aromatic rings. The zero-order valence-electron chi connectivity index (χ0n) is 19.1. The quantitative estimate of drug-likeness (QED) is 0.332. The maximum absolute atomic E-state index is 13.4. The van der Waals surface area contributed by atoms with Crippen LogP contribution in [-0.4, -0.2) is 57.0 Å². The summed E-state index contributed by atoms with van der Waals surface area (Å²) < 4.78 is 0. The Labute approximate surface area is 203 Å². The number of nitrogens with one attached hydrogen (secondary N) is 1. The standard InChI is InChI=1S/C27H25N5O3/c33-27(24-19-28-29-25(24)20-11-13-23(14-12-20)32(34)35)31-17-15-30(16-18-31)26(21-7-3-1-4-8-21)22-9-5-2-6-10-22/h1-14,19,26H,15-18H2,(H,28,29). The number of H-pyrrole nitrogens is 1. The summed E-state index contributed by atoms with van der Waals surface area (Å²) in [7, 11) is 0. The Morgan fingerprint density at radius 1 is 0.857 bits per heavy atom. The molecule has 3 aromatic carbocycles. The molecule has 5 rings (SSSR count). The van der Waals surface area contributed by atoms with Crippen molar-refractivity contribution in [1.29, 1.82) is 0 Å². The first-order valence-electron chi connectivity index (χ1n) is 11.5. The molecule has 8 nitrogen and oxygen atoms in total. The Morgan fingerprint density at radius 2 is 1.43 bits per heavy atom. The van der Waals surface area contributed by atoms with Crippen LogP contribution in [0.3, 0.4) is 0 Å². The third-order valence-corrected chi connectivity index (χ3v) is 6.43. The predicted octanol–water partition coefficient (Wildman–Crippen LogP) is 4.53. The highest BCUT2D eigenvalue weighted by atomic mass is 16.6. The van der Waals surface area contributed by atoms with Crippen molar-refractivity contribution in [3.63, 3.8) is 0 Å². The molecular weight excluding hydrogens is 442 g/mol. The summed E-state index contributed by atoms with van der Waals surface area (Å²) in [5, 5.41) is 17.9. The van der Waals surface area contributed by atoms with Gasteiger partial charge in [-0.3, -0.25) is 24.9 Å². The van der Waals surface area contributed by atoms with Gasteiger partial charge in [-0.2, -0.15) is 5.10 Å². The lowest BCUT2D eigenvalue weighted by Crippen LogP contribution is -2.49. The zero-order valence-corrected chi connectivity index (χ0v) is 19.1. The van der Waals surface area contributed by atoms with E-state index < -0.39 is 4.92 Å². The molecule has 0 radical (unpaired) electrons. The predicted molar refractivity (Wildman–Crippen MR) is 133 cm³/mol. The summed E-state index contributed by atoms with van der Waals surface area (Å²) in [6.07, 6.45) is 1.53. The number of benzene rings is 3. The molecule has 2 heterocycles. The molecule has 35 heavy (non-hydrogen) atoms. The minimum atomic E-state index is -0.444. The molecule has 0 bridgehead atoms. The summed E-state index contributed by atoms with van der Waals surface area (Å²) in [5.74, 6) is -0.0947. The van der Waals surface area contributed by atoms with E-state index in [4.69, 9.17) is 0 Å². The number of hydrogen-bond acceptors (Lipinski definition) is 5. The van der Waals surface area contributed by atoms with Crippen LogP contribution in [0.5, 0.6) is 0 Å². The van der Waals surface area contributed by atoms with E-state index in [1.807, 2.05) is 17.0 Å². The molecule has 0 aliphatic carbocycles. The second kappa shape index (κ2) is 9.90. The summed E-state index contributed by atoms with van der Waals surface area (Å²) >= 11 is 0. The molecule has 1 N–H and O–H groups in total. The van der Waals surface area contributed by atoms with Crippen molar-refractivity contribution in [3.05, 3.63) is 118 Å². The molecule has 176 valence electrons. The molecule has 1 aliphatic heterocycles. The van der Waals surface area contributed by atoms with Crippen LogP contribution in [0.2, 0.25) is 0 Å². The van der Waals surface area contributed by atoms with Crippen LogP contribution in [0.25, 0.3) is 11.3 Å². The molecule has 1 aliphatic rings. The number of non-ortho nitro benzene ring substituents is 1. The van der Waals surface area contributed by atoms with E-state index in [2.05, 4.69) is 63.6 Å². The molecule has 8 heteroatoms. The van der Waals surface area contributed by atoms with E-state index in [1.54, 1.807) is 12.1 Å². The van der Waals surface area contributed by atoms with Crippen molar-refractivity contribution in [3.8, 4) is 11.3 Å². The maximum atomic E-state index is 13.4. The fourth-order valence-corrected chi connectivity index (χ4v) is 4.66. The lowest BCUT2D eigenvalue weighted by Gasteiger charge is -2.39. The Balaban J connectivity index is 1.32. The van der Waals surface area contributed by atoms with Crippen molar-refractivity contribution in [2.75, 3.05) is 26.2 Å². The molecule has 0 atom stereocenters. The van der Waals surface area contributed by atoms with Crippen LogP contribution in [0.4, 0.5) is 5.69 Å². The van der Waals surface area contributed by atoms with Crippen LogP contribution in [-0.2, 0) is 0 Å². The first kappa shape index (κ1) is 22.5. The number of carbonyl (C=O) groups is 1. The Morgan fingerprint density at radius 3 is 1.97 bits per heavy atom. The van der Waals surface area contributed by atoms with E-state index in [9.17, 15) is 14.9 Å². The fraction of sp³-hybridized carbons (Fsp3) is 0.185. The van der Waals surface area contributed by atoms with Gasteiger partial charge in [0.25, 0.3) is 11.6 Å². The van der Waals surface area contributed by atoms with E-state index >= 15 is 0 Å². The first-order chi connectivity index (χ1) is 17.1. The minimum Gasteiger partial charge on any atom is -0.336 e. The van der Waals surface area contributed by atoms with Crippen LogP contribution in [0, 0.1) is 10.1 Å². The number of carbonyl (C=O) groups excluding carboxylic acids is 1. The van der Waals surface area contributed by atoms with Crippen molar-refractivity contribution in [1.82, 2.24) is 20.0 Å². The lowest BCUT2D eigenvalue weighted by atomic mass is 9.96. The number of nitrogens with zero attached hydrogens (tertiary/aromatic N) is 4. The molecule has 0 spiro atoms. The third-order valence-electron chi connectivity index (χ3n) is 6.43. The highest BCUT2D eigenvalue weighted by Crippen LogP contribution is 2.30. The van der Waals surface area contributed by atoms with Crippen LogP contribution >= 0.6 is 0 Å². The van der Waals surface area contributed by atoms with Crippen LogP contribution in [0.15, 0.2) is 91.1 Å². The van der Waals surface area contributed by atoms with Crippen molar-refractivity contribution in [2.24, 2.45) is 0 Å². The highest BCUT2D eigenvalue weighted by molar-refractivity contribution is 5.99. The average Bonchev–Trinajstić information content (AvgIpc) is 3.40. The molecule has 1 amide bonds. The van der Waals surface area contributed by atoms with Gasteiger partial charge in [0.1, 0.15) is 0 Å². The largest absolute Gasteiger partial charge is 0.336 e. The van der Waals surface area contributed by atoms with Gasteiger partial charge in [0, 0.05) is 43.9 Å². The Bertz CT molecular complexity index is 1260. The molecule has 1 aromatic heterocycles. The third kappa shape index (κ3) is 4.69. The zero-order chi connectivity index (χ0) is 24.2. The summed E-state index contributed by atoms with van der Waals surface area (Å²) in [5.41, 5.74) is 4.18. The smallest absolute Gasteiger partial charge is 0.269 e. The van der Waals surface area contributed by atoms with Gasteiger partial charge in [-0.25, -0.2) is 0 Å². The SMILES string of the molecule is O=C(c1cn[nH]c1-c1ccc([N+](=O)[O-])cc1)N1CCN(C(c2ccccc2)c2ccccc2)CC1. The van der Waals surface area contributed by atoms with Crippen molar-refractivity contribution < 1.29 is 9.72 Å². The van der Waals surface area contributed by atoms with Gasteiger partial charge in [0.15, 0.2) is 0 Å². The number of rotatable bonds is 6. The van der Waals surface area contributed by atoms with E-state index in [1.165, 1.54) is 29.5 Å². The summed E-state index contributed by atoms with van der Waals surface area (Å²) in [4.78, 5) is 28.2. The van der Waals surface area contributed by atoms with Gasteiger partial charge < -0.3 is 4.90 Å². The van der Waals surface area contributed by atoms with Gasteiger partial charge in [-0.05, 0) is 23.3 Å². The first-order valence-corrected chi connectivity index (χ1v) is 11.5. The van der Waals surface area contributed by atoms with Gasteiger partial charge in [-0.1, -0.05) is 60.7 Å². The Kier molecular flexibility index (Phi) is 6.36. The molecule has 1 fully saturated rings. The number of amides is 1. The van der Waals surface area contributed by atoms with Gasteiger partial charge >= 0.3 is 0 Å². The van der Waals surface area contributed by atoms with Crippen LogP contribution < -0.4 is 0 Å². The molecule has 1 saturated heterocycles. The monoisotopic (exact) mass is 467 g/mol. The van der Waals surface area contributed by atoms with Gasteiger partial charge in [0.2, 0.25) is 0 Å². The summed E-state index contributed by atoms with van der Waals surface area (Å²) in [6, 6.07) is 27.1. The average molecular weight is 468 g/mol. The Hall–Kier alpha value is -4.30. The van der Waals surface area contributed by atoms with E-state index in [0.717, 1.165) is 13.1 Å². The maximum Gasteiger partial charge on any atom is 0.269 e. The highest BCUT2D eigenvalue weighted by Gasteiger charge is 2.30. The number of nitro benzene ring substituents is 1. The molecular formula is C27H25N5O3. The molecule has 0 saturated carbocycles. The second-order valence-electron chi connectivity index (χ2n) is 8.51. The topological polar surface area (TPSA) is 95.4 Å². The molecule has 0 unspecified atom stereocenters. The van der Waals surface area contributed by atoms with E-state index in [-0.39, 0.29) is 17.6 Å². The minimum absolute atomic E-state index is 0.00338. The van der Waals surface area contributed by atoms with E-state index in [0.29, 0.717) is 29.9 Å². The van der Waals surface area contributed by atoms with Gasteiger partial charge in [-0.15, -0.1) is 0 Å². The van der Waals surface area contributed by atoms with Crippen molar-refractivity contribution >= 4 is 11.6 Å². The number of aromatic amines is 1. The van der Waals surface area contributed by atoms with Gasteiger partial charge in [0.05, 0.1) is 28.4 Å².